The minimum atomic E-state index is -0.874. The average Bonchev–Trinajstić information content (AvgIpc) is 2.61. The predicted octanol–water partition coefficient (Wildman–Crippen LogP) is 2.41. The van der Waals surface area contributed by atoms with Crippen molar-refractivity contribution in [3.05, 3.63) is 57.6 Å². The number of ether oxygens (including phenoxy) is 2. The molecule has 0 saturated heterocycles. The molecule has 0 saturated carbocycles. The van der Waals surface area contributed by atoms with E-state index in [4.69, 9.17) is 9.47 Å². The number of anilines is 1. The number of nitro groups is 1. The van der Waals surface area contributed by atoms with Gasteiger partial charge in [0.25, 0.3) is 11.6 Å². The van der Waals surface area contributed by atoms with Gasteiger partial charge in [0.2, 0.25) is 0 Å². The normalized spacial score (nSPS) is 10.1. The Bertz CT molecular complexity index is 864. The summed E-state index contributed by atoms with van der Waals surface area (Å²) in [6.07, 6.45) is 0. The summed E-state index contributed by atoms with van der Waals surface area (Å²) in [7, 11) is 1.41. The minimum Gasteiger partial charge on any atom is -0.507 e. The van der Waals surface area contributed by atoms with Gasteiger partial charge in [0.15, 0.2) is 6.61 Å². The predicted molar refractivity (Wildman–Crippen MR) is 91.4 cm³/mol. The molecule has 1 amide bonds. The van der Waals surface area contributed by atoms with Gasteiger partial charge in [0, 0.05) is 23.9 Å². The van der Waals surface area contributed by atoms with Crippen molar-refractivity contribution in [2.75, 3.05) is 19.0 Å². The van der Waals surface area contributed by atoms with Gasteiger partial charge in [0.05, 0.1) is 12.0 Å². The van der Waals surface area contributed by atoms with Gasteiger partial charge < -0.3 is 19.9 Å². The minimum absolute atomic E-state index is 0.0955. The third kappa shape index (κ3) is 4.47. The number of rotatable bonds is 6. The van der Waals surface area contributed by atoms with Crippen LogP contribution in [0, 0.1) is 17.0 Å². The number of benzene rings is 2. The van der Waals surface area contributed by atoms with Crippen LogP contribution in [0.2, 0.25) is 0 Å². The summed E-state index contributed by atoms with van der Waals surface area (Å²) in [5.74, 6) is -1.46. The third-order valence-electron chi connectivity index (χ3n) is 3.45. The molecule has 26 heavy (non-hydrogen) atoms. The van der Waals surface area contributed by atoms with E-state index >= 15 is 0 Å². The zero-order valence-corrected chi connectivity index (χ0v) is 14.0. The van der Waals surface area contributed by atoms with Crippen LogP contribution in [0.15, 0.2) is 36.4 Å². The van der Waals surface area contributed by atoms with Crippen molar-refractivity contribution in [3.8, 4) is 11.5 Å². The van der Waals surface area contributed by atoms with E-state index in [0.29, 0.717) is 17.0 Å². The number of aryl methyl sites for hydroxylation is 1. The number of hydrogen-bond acceptors (Lipinski definition) is 7. The van der Waals surface area contributed by atoms with Crippen molar-refractivity contribution in [2.24, 2.45) is 0 Å². The second-order valence-corrected chi connectivity index (χ2v) is 5.26. The fourth-order valence-corrected chi connectivity index (χ4v) is 2.11. The molecule has 0 atom stereocenters. The lowest BCUT2D eigenvalue weighted by Crippen LogP contribution is -2.21. The number of methoxy groups -OCH3 is 1. The van der Waals surface area contributed by atoms with E-state index in [1.165, 1.54) is 43.5 Å². The molecular formula is C17H16N2O7. The van der Waals surface area contributed by atoms with Crippen molar-refractivity contribution in [1.82, 2.24) is 0 Å². The summed E-state index contributed by atoms with van der Waals surface area (Å²) in [4.78, 5) is 34.0. The number of phenols is 1. The zero-order valence-electron chi connectivity index (χ0n) is 14.0. The van der Waals surface area contributed by atoms with Gasteiger partial charge in [-0.1, -0.05) is 0 Å². The number of amides is 1. The molecule has 0 fully saturated rings. The van der Waals surface area contributed by atoms with Crippen molar-refractivity contribution in [3.63, 3.8) is 0 Å². The fourth-order valence-electron chi connectivity index (χ4n) is 2.11. The Balaban J connectivity index is 1.96. The molecule has 0 spiro atoms. The standard InChI is InChI=1S/C17H16N2O7/c1-10-7-11(19(23)24)3-6-14(10)18-16(21)9-26-17(22)13-5-4-12(25-2)8-15(13)20/h3-8,20H,9H2,1-2H3,(H,18,21). The number of nitro benzene ring substituents is 1. The lowest BCUT2D eigenvalue weighted by Gasteiger charge is -2.10. The molecule has 0 aliphatic heterocycles. The molecule has 2 aromatic rings. The molecule has 0 radical (unpaired) electrons. The summed E-state index contributed by atoms with van der Waals surface area (Å²) in [6, 6.07) is 7.99. The molecule has 9 nitrogen and oxygen atoms in total. The maximum atomic E-state index is 11.9. The van der Waals surface area contributed by atoms with Gasteiger partial charge in [-0.25, -0.2) is 4.79 Å². The Morgan fingerprint density at radius 3 is 2.54 bits per heavy atom. The number of nitrogens with zero attached hydrogens (tertiary/aromatic N) is 1. The van der Waals surface area contributed by atoms with E-state index in [1.807, 2.05) is 0 Å². The van der Waals surface area contributed by atoms with Gasteiger partial charge in [-0.05, 0) is 30.7 Å². The van der Waals surface area contributed by atoms with Crippen LogP contribution < -0.4 is 10.1 Å². The number of aromatic hydroxyl groups is 1. The molecule has 2 aromatic carbocycles. The quantitative estimate of drug-likeness (QED) is 0.460. The van der Waals surface area contributed by atoms with Crippen LogP contribution in [0.1, 0.15) is 15.9 Å². The van der Waals surface area contributed by atoms with E-state index in [-0.39, 0.29) is 17.0 Å². The van der Waals surface area contributed by atoms with Crippen LogP contribution in [0.25, 0.3) is 0 Å². The molecule has 9 heteroatoms. The van der Waals surface area contributed by atoms with E-state index < -0.39 is 23.4 Å². The molecule has 136 valence electrons. The smallest absolute Gasteiger partial charge is 0.342 e. The maximum absolute atomic E-state index is 11.9. The van der Waals surface area contributed by atoms with Crippen molar-refractivity contribution in [2.45, 2.75) is 6.92 Å². The SMILES string of the molecule is COc1ccc(C(=O)OCC(=O)Nc2ccc([N+](=O)[O-])cc2C)c(O)c1. The first-order chi connectivity index (χ1) is 12.3. The van der Waals surface area contributed by atoms with Crippen LogP contribution in [0.3, 0.4) is 0 Å². The van der Waals surface area contributed by atoms with Gasteiger partial charge in [-0.2, -0.15) is 0 Å². The topological polar surface area (TPSA) is 128 Å². The lowest BCUT2D eigenvalue weighted by molar-refractivity contribution is -0.384. The Labute approximate surface area is 148 Å². The van der Waals surface area contributed by atoms with Gasteiger partial charge >= 0.3 is 5.97 Å². The highest BCUT2D eigenvalue weighted by Crippen LogP contribution is 2.24. The first-order valence-electron chi connectivity index (χ1n) is 7.41. The van der Waals surface area contributed by atoms with Crippen LogP contribution in [0.4, 0.5) is 11.4 Å². The number of carbonyl (C=O) groups is 2. The maximum Gasteiger partial charge on any atom is 0.342 e. The van der Waals surface area contributed by atoms with Crippen molar-refractivity contribution >= 4 is 23.3 Å². The van der Waals surface area contributed by atoms with Crippen LogP contribution in [-0.2, 0) is 9.53 Å². The summed E-state index contributed by atoms with van der Waals surface area (Å²) < 4.78 is 9.77. The molecule has 0 heterocycles. The summed E-state index contributed by atoms with van der Waals surface area (Å²) >= 11 is 0. The van der Waals surface area contributed by atoms with Crippen LogP contribution in [0.5, 0.6) is 11.5 Å². The Kier molecular flexibility index (Phi) is 5.74. The molecular weight excluding hydrogens is 344 g/mol. The van der Waals surface area contributed by atoms with Gasteiger partial charge in [-0.15, -0.1) is 0 Å². The molecule has 0 bridgehead atoms. The summed E-state index contributed by atoms with van der Waals surface area (Å²) in [5.41, 5.74) is 0.655. The largest absolute Gasteiger partial charge is 0.507 e. The van der Waals surface area contributed by atoms with Crippen LogP contribution in [-0.4, -0.2) is 35.6 Å². The fraction of sp³-hybridized carbons (Fsp3) is 0.176. The average molecular weight is 360 g/mol. The molecule has 0 aliphatic rings. The highest BCUT2D eigenvalue weighted by atomic mass is 16.6. The summed E-state index contributed by atoms with van der Waals surface area (Å²) in [6.45, 7) is 1.02. The number of carbonyl (C=O) groups excluding carboxylic acids is 2. The Morgan fingerprint density at radius 2 is 1.96 bits per heavy atom. The Morgan fingerprint density at radius 1 is 1.23 bits per heavy atom. The van der Waals surface area contributed by atoms with Crippen LogP contribution >= 0.6 is 0 Å². The van der Waals surface area contributed by atoms with Crippen molar-refractivity contribution < 1.29 is 29.1 Å². The lowest BCUT2D eigenvalue weighted by atomic mass is 10.2. The number of nitrogens with one attached hydrogen (secondary N) is 1. The number of phenolic OH excluding ortho intramolecular Hbond substituents is 1. The second-order valence-electron chi connectivity index (χ2n) is 5.26. The zero-order chi connectivity index (χ0) is 19.3. The number of non-ortho nitro benzene ring substituents is 1. The summed E-state index contributed by atoms with van der Waals surface area (Å²) in [5, 5.41) is 23.0. The first-order valence-corrected chi connectivity index (χ1v) is 7.41. The van der Waals surface area contributed by atoms with E-state index in [0.717, 1.165) is 0 Å². The second kappa shape index (κ2) is 7.97. The number of esters is 1. The van der Waals surface area contributed by atoms with E-state index in [9.17, 15) is 24.8 Å². The Hall–Kier alpha value is -3.62. The van der Waals surface area contributed by atoms with E-state index in [2.05, 4.69) is 5.32 Å². The highest BCUT2D eigenvalue weighted by molar-refractivity contribution is 5.97. The van der Waals surface area contributed by atoms with E-state index in [1.54, 1.807) is 6.92 Å². The molecule has 2 rings (SSSR count). The monoisotopic (exact) mass is 360 g/mol. The third-order valence-corrected chi connectivity index (χ3v) is 3.45. The highest BCUT2D eigenvalue weighted by Gasteiger charge is 2.16. The van der Waals surface area contributed by atoms with Gasteiger partial charge in [0.1, 0.15) is 17.1 Å². The molecule has 0 unspecified atom stereocenters. The molecule has 2 N–H and O–H groups in total. The van der Waals surface area contributed by atoms with Crippen molar-refractivity contribution in [1.29, 1.82) is 0 Å². The number of hydrogen-bond donors (Lipinski definition) is 2. The molecule has 0 aliphatic carbocycles. The molecule has 0 aromatic heterocycles. The van der Waals surface area contributed by atoms with Gasteiger partial charge in [-0.3, -0.25) is 14.9 Å². The first kappa shape index (κ1) is 18.7.